The van der Waals surface area contributed by atoms with Crippen molar-refractivity contribution in [3.63, 3.8) is 0 Å². The van der Waals surface area contributed by atoms with Crippen LogP contribution in [0.1, 0.15) is 17.9 Å². The lowest BCUT2D eigenvalue weighted by atomic mass is 9.91. The van der Waals surface area contributed by atoms with Crippen molar-refractivity contribution in [1.29, 1.82) is 0 Å². The smallest absolute Gasteiger partial charge is 0.00620 e. The van der Waals surface area contributed by atoms with Crippen molar-refractivity contribution in [2.75, 3.05) is 0 Å². The summed E-state index contributed by atoms with van der Waals surface area (Å²) in [5.74, 6) is 0.538. The highest BCUT2D eigenvalue weighted by Gasteiger charge is 2.08. The monoisotopic (exact) mass is 206 g/mol. The normalized spacial score (nSPS) is 18.1. The second kappa shape index (κ2) is 3.97. The Labute approximate surface area is 95.6 Å². The Balaban J connectivity index is 2.08. The predicted molar refractivity (Wildman–Crippen MR) is 68.4 cm³/mol. The van der Waals surface area contributed by atoms with Gasteiger partial charge in [0.05, 0.1) is 0 Å². The molecule has 0 heterocycles. The fourth-order valence-electron chi connectivity index (χ4n) is 2.32. The van der Waals surface area contributed by atoms with E-state index in [0.29, 0.717) is 5.92 Å². The summed E-state index contributed by atoms with van der Waals surface area (Å²) in [5.41, 5.74) is 1.41. The van der Waals surface area contributed by atoms with E-state index in [1.165, 1.54) is 16.0 Å². The molecule has 0 nitrogen and oxygen atoms in total. The molecule has 0 heteroatoms. The fraction of sp³-hybridized carbons (Fsp3) is 0.125. The van der Waals surface area contributed by atoms with Crippen LogP contribution in [0.4, 0.5) is 0 Å². The third-order valence-electron chi connectivity index (χ3n) is 3.20. The van der Waals surface area contributed by atoms with Gasteiger partial charge in [0.1, 0.15) is 0 Å². The van der Waals surface area contributed by atoms with Gasteiger partial charge in [0.15, 0.2) is 0 Å². The first-order valence-electron chi connectivity index (χ1n) is 5.75. The lowest BCUT2D eigenvalue weighted by molar-refractivity contribution is 0.921. The van der Waals surface area contributed by atoms with Crippen molar-refractivity contribution in [2.45, 2.75) is 12.3 Å². The molecule has 16 heavy (non-hydrogen) atoms. The summed E-state index contributed by atoms with van der Waals surface area (Å²) in [6.45, 7) is 0. The van der Waals surface area contributed by atoms with Crippen LogP contribution in [0.5, 0.6) is 0 Å². The van der Waals surface area contributed by atoms with E-state index in [1.807, 2.05) is 0 Å². The molecule has 78 valence electrons. The zero-order valence-electron chi connectivity index (χ0n) is 9.14. The van der Waals surface area contributed by atoms with Crippen LogP contribution in [0.2, 0.25) is 0 Å². The van der Waals surface area contributed by atoms with Gasteiger partial charge in [-0.3, -0.25) is 0 Å². The molecule has 0 N–H and O–H groups in total. The van der Waals surface area contributed by atoms with Gasteiger partial charge in [0.25, 0.3) is 0 Å². The van der Waals surface area contributed by atoms with E-state index in [-0.39, 0.29) is 0 Å². The molecule has 1 unspecified atom stereocenters. The topological polar surface area (TPSA) is 0 Å². The van der Waals surface area contributed by atoms with Gasteiger partial charge in [-0.25, -0.2) is 0 Å². The first-order chi connectivity index (χ1) is 7.93. The van der Waals surface area contributed by atoms with Gasteiger partial charge in [-0.1, -0.05) is 66.7 Å². The number of hydrogen-bond acceptors (Lipinski definition) is 0. The third kappa shape index (κ3) is 1.67. The Hall–Kier alpha value is -1.82. The molecule has 0 aliphatic heterocycles. The zero-order chi connectivity index (χ0) is 10.8. The van der Waals surface area contributed by atoms with E-state index in [9.17, 15) is 0 Å². The maximum Gasteiger partial charge on any atom is 0.00620 e. The maximum absolute atomic E-state index is 2.38. The second-order valence-corrected chi connectivity index (χ2v) is 4.25. The predicted octanol–water partition coefficient (Wildman–Crippen LogP) is 2.44. The number of fused-ring (bicyclic) bond motifs is 1. The fourth-order valence-corrected chi connectivity index (χ4v) is 2.32. The molecule has 1 aliphatic rings. The second-order valence-electron chi connectivity index (χ2n) is 4.25. The van der Waals surface area contributed by atoms with Crippen molar-refractivity contribution >= 4 is 12.2 Å². The van der Waals surface area contributed by atoms with Gasteiger partial charge in [0, 0.05) is 5.92 Å². The van der Waals surface area contributed by atoms with Gasteiger partial charge in [-0.2, -0.15) is 0 Å². The minimum absolute atomic E-state index is 0.538. The van der Waals surface area contributed by atoms with Crippen LogP contribution in [0, 0.1) is 0 Å². The highest BCUT2D eigenvalue weighted by atomic mass is 14.1. The van der Waals surface area contributed by atoms with Gasteiger partial charge in [-0.05, 0) is 22.4 Å². The Kier molecular flexibility index (Phi) is 2.34. The molecular weight excluding hydrogens is 192 g/mol. The lowest BCUT2D eigenvalue weighted by Gasteiger charge is -2.14. The minimum atomic E-state index is 0.538. The summed E-state index contributed by atoms with van der Waals surface area (Å²) in [4.78, 5) is 0. The van der Waals surface area contributed by atoms with Gasteiger partial charge in [-0.15, -0.1) is 0 Å². The first-order valence-corrected chi connectivity index (χ1v) is 5.75. The van der Waals surface area contributed by atoms with Crippen LogP contribution < -0.4 is 10.4 Å². The molecule has 0 spiro atoms. The van der Waals surface area contributed by atoms with Crippen molar-refractivity contribution in [1.82, 2.24) is 0 Å². The van der Waals surface area contributed by atoms with Crippen molar-refractivity contribution in [3.05, 3.63) is 70.6 Å². The van der Waals surface area contributed by atoms with Crippen LogP contribution in [-0.4, -0.2) is 0 Å². The molecule has 1 atom stereocenters. The van der Waals surface area contributed by atoms with Crippen LogP contribution in [0.15, 0.2) is 54.6 Å². The van der Waals surface area contributed by atoms with E-state index in [0.717, 1.165) is 6.42 Å². The van der Waals surface area contributed by atoms with Crippen LogP contribution in [-0.2, 0) is 0 Å². The quantitative estimate of drug-likeness (QED) is 0.672. The molecule has 3 rings (SSSR count). The summed E-state index contributed by atoms with van der Waals surface area (Å²) in [6, 6.07) is 19.3. The van der Waals surface area contributed by atoms with E-state index >= 15 is 0 Å². The van der Waals surface area contributed by atoms with E-state index in [2.05, 4.69) is 66.7 Å². The largest absolute Gasteiger partial charge is 0.0758 e. The summed E-state index contributed by atoms with van der Waals surface area (Å²) in [7, 11) is 0. The Bertz CT molecular complexity index is 593. The Morgan fingerprint density at radius 3 is 2.25 bits per heavy atom. The van der Waals surface area contributed by atoms with Crippen molar-refractivity contribution in [2.24, 2.45) is 0 Å². The molecule has 0 radical (unpaired) electrons. The third-order valence-corrected chi connectivity index (χ3v) is 3.20. The maximum atomic E-state index is 2.38. The highest BCUT2D eigenvalue weighted by Crippen LogP contribution is 2.22. The zero-order valence-corrected chi connectivity index (χ0v) is 9.14. The number of benzene rings is 2. The highest BCUT2D eigenvalue weighted by molar-refractivity contribution is 5.48. The molecular formula is C16H14. The SMILES string of the molecule is C1=c2ccccc2=CC(c2ccccc2)C1. The van der Waals surface area contributed by atoms with Crippen LogP contribution in [0.25, 0.3) is 12.2 Å². The van der Waals surface area contributed by atoms with Crippen LogP contribution in [0.3, 0.4) is 0 Å². The van der Waals surface area contributed by atoms with Crippen molar-refractivity contribution < 1.29 is 0 Å². The Morgan fingerprint density at radius 2 is 1.44 bits per heavy atom. The van der Waals surface area contributed by atoms with Crippen LogP contribution >= 0.6 is 0 Å². The van der Waals surface area contributed by atoms with E-state index < -0.39 is 0 Å². The van der Waals surface area contributed by atoms with E-state index in [1.54, 1.807) is 0 Å². The summed E-state index contributed by atoms with van der Waals surface area (Å²) in [6.07, 6.45) is 5.83. The average Bonchev–Trinajstić information content (AvgIpc) is 2.39. The van der Waals surface area contributed by atoms with E-state index in [4.69, 9.17) is 0 Å². The molecule has 0 aromatic heterocycles. The van der Waals surface area contributed by atoms with Crippen molar-refractivity contribution in [3.8, 4) is 0 Å². The minimum Gasteiger partial charge on any atom is -0.0758 e. The van der Waals surface area contributed by atoms with Gasteiger partial charge in [0.2, 0.25) is 0 Å². The van der Waals surface area contributed by atoms with Gasteiger partial charge < -0.3 is 0 Å². The summed E-state index contributed by atoms with van der Waals surface area (Å²) < 4.78 is 0. The molecule has 2 aromatic carbocycles. The average molecular weight is 206 g/mol. The molecule has 0 saturated heterocycles. The Morgan fingerprint density at radius 1 is 0.750 bits per heavy atom. The molecule has 2 aromatic rings. The lowest BCUT2D eigenvalue weighted by Crippen LogP contribution is -2.27. The molecule has 1 aliphatic carbocycles. The summed E-state index contributed by atoms with van der Waals surface area (Å²) in [5, 5.41) is 2.73. The molecule has 0 saturated carbocycles. The number of rotatable bonds is 1. The standard InChI is InChI=1S/C16H14/c1-2-6-13(7-3-1)16-11-10-14-8-4-5-9-15(14)12-16/h1-10,12,16H,11H2. The van der Waals surface area contributed by atoms with Gasteiger partial charge >= 0.3 is 0 Å². The molecule has 0 bridgehead atoms. The number of hydrogen-bond donors (Lipinski definition) is 0. The molecule has 0 amide bonds. The first kappa shape index (κ1) is 9.41. The summed E-state index contributed by atoms with van der Waals surface area (Å²) >= 11 is 0. The molecule has 0 fully saturated rings.